The molecule has 16 bridgehead atoms. The van der Waals surface area contributed by atoms with Crippen molar-refractivity contribution in [2.45, 2.75) is 281 Å². The zero-order valence-corrected chi connectivity index (χ0v) is 85.1. The van der Waals surface area contributed by atoms with E-state index in [1.54, 1.807) is 34.6 Å². The number of fused-ring (bicyclic) bond motifs is 14. The largest absolute Gasteiger partial charge is 0.465 e. The third-order valence-electron chi connectivity index (χ3n) is 29.8. The summed E-state index contributed by atoms with van der Waals surface area (Å²) in [6.07, 6.45) is 7.51. The van der Waals surface area contributed by atoms with Crippen molar-refractivity contribution in [1.82, 2.24) is 0 Å². The lowest BCUT2D eigenvalue weighted by atomic mass is 9.65. The molecule has 8 aliphatic carbocycles. The highest BCUT2D eigenvalue weighted by molar-refractivity contribution is 5.94. The lowest BCUT2D eigenvalue weighted by Gasteiger charge is -2.45. The minimum absolute atomic E-state index is 0.0128. The minimum Gasteiger partial charge on any atom is -0.465 e. The third-order valence-corrected chi connectivity index (χ3v) is 29.8. The Morgan fingerprint density at radius 3 is 1.26 bits per heavy atom. The van der Waals surface area contributed by atoms with Gasteiger partial charge in [-0.3, -0.25) is 33.6 Å². The summed E-state index contributed by atoms with van der Waals surface area (Å²) < 4.78 is 118. The van der Waals surface area contributed by atoms with Gasteiger partial charge in [0.1, 0.15) is 85.5 Å². The van der Waals surface area contributed by atoms with Crippen molar-refractivity contribution in [3.8, 4) is 0 Å². The smallest absolute Gasteiger partial charge is 0.347 e. The van der Waals surface area contributed by atoms with Crippen LogP contribution in [0.4, 0.5) is 0 Å². The molecular weight excluding hydrogens is 1980 g/mol. The van der Waals surface area contributed by atoms with Crippen LogP contribution in [0.3, 0.4) is 0 Å². The Bertz CT molecular complexity index is 5490. The number of hydrogen-bond donors (Lipinski definition) is 0. The molecule has 15 saturated heterocycles. The Hall–Kier alpha value is -13.5. The Morgan fingerprint density at radius 1 is 0.313 bits per heavy atom. The Labute approximate surface area is 863 Å². The van der Waals surface area contributed by atoms with E-state index in [1.165, 1.54) is 27.7 Å². The van der Waals surface area contributed by atoms with Crippen LogP contribution < -0.4 is 0 Å². The first-order valence-corrected chi connectivity index (χ1v) is 50.0. The fraction of sp³-hybridized carbons (Fsp3) is 0.632. The van der Waals surface area contributed by atoms with E-state index in [9.17, 15) is 101 Å². The van der Waals surface area contributed by atoms with Crippen LogP contribution in [0.25, 0.3) is 0 Å². The average molecular weight is 2110 g/mol. The van der Waals surface area contributed by atoms with Crippen LogP contribution in [0.15, 0.2) is 109 Å². The van der Waals surface area contributed by atoms with Crippen molar-refractivity contribution in [2.75, 3.05) is 52.9 Å². The highest BCUT2D eigenvalue weighted by Gasteiger charge is 2.67. The van der Waals surface area contributed by atoms with Gasteiger partial charge in [0.25, 0.3) is 0 Å². The normalized spacial score (nSPS) is 34.7. The molecule has 0 radical (unpaired) electrons. The molecule has 0 N–H and O–H groups in total. The van der Waals surface area contributed by atoms with Crippen molar-refractivity contribution in [3.63, 3.8) is 0 Å². The molecule has 0 amide bonds. The summed E-state index contributed by atoms with van der Waals surface area (Å²) in [6.45, 7) is 45.5. The van der Waals surface area contributed by atoms with E-state index >= 15 is 0 Å². The van der Waals surface area contributed by atoms with Crippen LogP contribution in [0.1, 0.15) is 178 Å². The SMILES string of the molecule is C=C(C)C(=O)OC12CC3CC(C1)OC(=O)C(C3)C2.C=C(C)C(=O)OC1C2CC3C(=O)OC1C3C2.C=C(C)C(=O)OC1CC2OC1C1C(=O)OCC21.C=C(C)C(=O)OC1CC2OC1C1COC(=O)C21.C=C(C)C(=O)OC1CCOC1=O.C=C(C)C(=O)OC1COC(=O)C1.C=C(C)C(=O)OCC(=O)OC1C2CC3C(=O)OC1C3C2.C=C(C)C(=O)OCC(=O)OC1C2CC3CC(C2)C(=O)OC1C3.C=C(C)C(=O)OCC(=O)OC1CCOC1=O. The molecule has 0 aromatic carbocycles. The molecule has 44 heteroatoms. The van der Waals surface area contributed by atoms with E-state index in [2.05, 4.69) is 78.2 Å². The summed E-state index contributed by atoms with van der Waals surface area (Å²) >= 11 is 0. The van der Waals surface area contributed by atoms with Crippen molar-refractivity contribution in [3.05, 3.63) is 109 Å². The van der Waals surface area contributed by atoms with Crippen LogP contribution >= 0.6 is 0 Å². The molecule has 32 unspecified atom stereocenters. The topological polar surface area (TPSA) is 571 Å². The number of esters is 21. The summed E-state index contributed by atoms with van der Waals surface area (Å²) in [6, 6.07) is 0. The number of carbonyl (C=O) groups excluding carboxylic acids is 21. The summed E-state index contributed by atoms with van der Waals surface area (Å²) in [4.78, 5) is 238. The maximum absolute atomic E-state index is 11.9. The number of carbonyl (C=O) groups is 21. The van der Waals surface area contributed by atoms with Gasteiger partial charge in [0.05, 0.1) is 80.6 Å². The van der Waals surface area contributed by atoms with Gasteiger partial charge >= 0.3 is 125 Å². The maximum Gasteiger partial charge on any atom is 0.347 e. The van der Waals surface area contributed by atoms with Gasteiger partial charge in [-0.05, 0) is 145 Å². The summed E-state index contributed by atoms with van der Waals surface area (Å²) in [5, 5.41) is 0. The predicted molar refractivity (Wildman–Crippen MR) is 501 cm³/mol. The zero-order chi connectivity index (χ0) is 109. The van der Waals surface area contributed by atoms with Crippen molar-refractivity contribution in [2.24, 2.45) is 88.8 Å². The van der Waals surface area contributed by atoms with Crippen molar-refractivity contribution >= 4 is 125 Å². The molecule has 0 aromatic rings. The minimum atomic E-state index is -0.879. The van der Waals surface area contributed by atoms with Crippen molar-refractivity contribution in [1.29, 1.82) is 0 Å². The van der Waals surface area contributed by atoms with Crippen LogP contribution in [0.2, 0.25) is 0 Å². The number of cyclic esters (lactones) is 5. The van der Waals surface area contributed by atoms with E-state index in [0.717, 1.165) is 70.6 Å². The van der Waals surface area contributed by atoms with Gasteiger partial charge in [-0.2, -0.15) is 0 Å². The highest BCUT2D eigenvalue weighted by atomic mass is 16.7. The van der Waals surface area contributed by atoms with Crippen LogP contribution in [-0.4, -0.2) is 281 Å². The first kappa shape index (κ1) is 114. The van der Waals surface area contributed by atoms with Crippen LogP contribution in [0, 0.1) is 88.8 Å². The monoisotopic (exact) mass is 2100 g/mol. The fourth-order valence-corrected chi connectivity index (χ4v) is 23.0. The van der Waals surface area contributed by atoms with Gasteiger partial charge < -0.3 is 109 Å². The van der Waals surface area contributed by atoms with Gasteiger partial charge in [-0.25, -0.2) is 67.1 Å². The second kappa shape index (κ2) is 48.6. The molecule has 32 atom stereocenters. The lowest BCUT2D eigenvalue weighted by Crippen LogP contribution is -2.48. The molecule has 15 aliphatic heterocycles. The molecule has 23 fully saturated rings. The first-order valence-electron chi connectivity index (χ1n) is 50.0. The number of ether oxygens (including phenoxy) is 23. The molecule has 0 spiro atoms. The Kier molecular flexibility index (Phi) is 36.8. The second-order valence-corrected chi connectivity index (χ2v) is 41.8. The Morgan fingerprint density at radius 2 is 0.753 bits per heavy atom. The van der Waals surface area contributed by atoms with Gasteiger partial charge in [-0.1, -0.05) is 59.2 Å². The molecular formula is C106H128O44. The summed E-state index contributed by atoms with van der Waals surface area (Å²) in [7, 11) is 0. The quantitative estimate of drug-likeness (QED) is 0.0551. The average Bonchev–Trinajstić information content (AvgIpc) is 1.57. The first-order chi connectivity index (χ1) is 70.8. The van der Waals surface area contributed by atoms with E-state index in [-0.39, 0.29) is 234 Å². The fourth-order valence-electron chi connectivity index (χ4n) is 23.0. The van der Waals surface area contributed by atoms with Gasteiger partial charge in [0.2, 0.25) is 12.2 Å². The molecule has 44 nitrogen and oxygen atoms in total. The maximum atomic E-state index is 11.9. The number of rotatable bonds is 24. The molecule has 8 saturated carbocycles. The highest BCUT2D eigenvalue weighted by Crippen LogP contribution is 2.59. The van der Waals surface area contributed by atoms with Crippen LogP contribution in [-0.2, 0) is 210 Å². The molecule has 23 aliphatic rings. The molecule has 0 aromatic heterocycles. The zero-order valence-electron chi connectivity index (χ0n) is 85.1. The van der Waals surface area contributed by atoms with Crippen LogP contribution in [0.5, 0.6) is 0 Å². The van der Waals surface area contributed by atoms with Gasteiger partial charge in [-0.15, -0.1) is 0 Å². The standard InChI is InChI=1S/C16H20O6.C14H16O6.C14H18O4.2C12H14O5.C12H14O4.C10H12O6.2C8H10O4/c1-8(2)15(18)20-7-13(17)22-14-10-3-9-4-11(6-10)16(19)21-12(14)5-9;1-6(2)13(16)18-5-10(15)19-11-7-3-8-9(4-7)14(17)20-12(8)11;1-8(2)12(15)18-14-5-9-3-10(6-14)13(16)17-11(4-9)7-14;1-5(2)11(13)17-8-3-7-9-6(10(8)16-7)4-15-12(9)14;1-5(2)11(13)17-8-3-7-6-4-15-12(14)9(6)10(8)16-7;1-5(2)11(13)15-9-6-3-7-8(4-6)12(14)16-10(7)9;1-6(2)9(12)15-5-8(11)16-7-3-4-14-10(7)13;1-5(2)8(10)12-6-3-7(9)11-4-6;1-5(2)7(9)12-6-3-4-11-8(6)10/h9-12,14H,1,3-7H2,2H3;7-9,11-12H,1,3-5H2,2H3;9-11H,1,3-7H2,2H3;2*6-10H,1,3-4H2,2H3;6-10H,1,3-4H2,2H3;7H,1,3-5H2,2H3;2*6H,1,3-4H2,2H3. The van der Waals surface area contributed by atoms with E-state index < -0.39 is 128 Å². The predicted octanol–water partition coefficient (Wildman–Crippen LogP) is 6.69. The molecule has 23 rings (SSSR count). The van der Waals surface area contributed by atoms with Gasteiger partial charge in [0.15, 0.2) is 19.8 Å². The lowest BCUT2D eigenvalue weighted by molar-refractivity contribution is -0.177. The van der Waals surface area contributed by atoms with Gasteiger partial charge in [0, 0.05) is 130 Å². The summed E-state index contributed by atoms with van der Waals surface area (Å²) in [5.74, 6) is -7.04. The molecule has 816 valence electrons. The summed E-state index contributed by atoms with van der Waals surface area (Å²) in [5.41, 5.74) is 2.32. The Balaban J connectivity index is 0.000000141. The third kappa shape index (κ3) is 27.2. The molecule has 15 heterocycles. The van der Waals surface area contributed by atoms with E-state index in [0.29, 0.717) is 104 Å². The number of hydrogen-bond acceptors (Lipinski definition) is 44. The molecule has 150 heavy (non-hydrogen) atoms. The van der Waals surface area contributed by atoms with E-state index in [1.807, 2.05) is 0 Å². The van der Waals surface area contributed by atoms with E-state index in [4.69, 9.17) is 90.0 Å². The van der Waals surface area contributed by atoms with Crippen molar-refractivity contribution < 1.29 is 210 Å². The second-order valence-electron chi connectivity index (χ2n) is 41.8.